The number of thioether (sulfide) groups is 1. The number of hydrogen-bond donors (Lipinski definition) is 0. The van der Waals surface area contributed by atoms with Crippen LogP contribution in [0.1, 0.15) is 45.7 Å². The summed E-state index contributed by atoms with van der Waals surface area (Å²) in [5, 5.41) is 0.423. The van der Waals surface area contributed by atoms with Gasteiger partial charge in [-0.15, -0.1) is 11.8 Å². The van der Waals surface area contributed by atoms with Gasteiger partial charge >= 0.3 is 0 Å². The van der Waals surface area contributed by atoms with Crippen molar-refractivity contribution in [3.05, 3.63) is 63.6 Å². The fraction of sp³-hybridized carbons (Fsp3) is 0.368. The molecule has 0 saturated heterocycles. The maximum absolute atomic E-state index is 3.53. The van der Waals surface area contributed by atoms with Crippen LogP contribution < -0.4 is 0 Å². The van der Waals surface area contributed by atoms with Gasteiger partial charge in [0.1, 0.15) is 0 Å². The summed E-state index contributed by atoms with van der Waals surface area (Å²) in [5.41, 5.74) is 7.08. The van der Waals surface area contributed by atoms with Crippen LogP contribution in [0.25, 0.3) is 5.57 Å². The largest absolute Gasteiger partial charge is 0.117 e. The molecule has 3 rings (SSSR count). The molecule has 0 fully saturated rings. The smallest absolute Gasteiger partial charge is 0.0603 e. The van der Waals surface area contributed by atoms with Crippen molar-refractivity contribution in [2.75, 3.05) is 0 Å². The molecule has 1 heterocycles. The van der Waals surface area contributed by atoms with E-state index in [1.165, 1.54) is 32.8 Å². The molecule has 1 aliphatic carbocycles. The van der Waals surface area contributed by atoms with Crippen LogP contribution >= 0.6 is 11.8 Å². The lowest BCUT2D eigenvalue weighted by molar-refractivity contribution is 0.590. The van der Waals surface area contributed by atoms with E-state index >= 15 is 0 Å². The quantitative estimate of drug-likeness (QED) is 0.653. The second-order valence-electron chi connectivity index (χ2n) is 6.68. The maximum Gasteiger partial charge on any atom is 0.0603 e. The van der Waals surface area contributed by atoms with Gasteiger partial charge in [0.05, 0.1) is 5.25 Å². The van der Waals surface area contributed by atoms with Gasteiger partial charge in [-0.1, -0.05) is 51.1 Å². The molecule has 0 nitrogen and oxygen atoms in total. The average molecular weight is 281 g/mol. The molecule has 0 saturated carbocycles. The minimum Gasteiger partial charge on any atom is -0.117 e. The van der Waals surface area contributed by atoms with Gasteiger partial charge in [-0.05, 0) is 58.1 Å². The third-order valence-electron chi connectivity index (χ3n) is 3.99. The summed E-state index contributed by atoms with van der Waals surface area (Å²) in [6.07, 6.45) is 5.82. The van der Waals surface area contributed by atoms with Crippen LogP contribution in [0.3, 0.4) is 0 Å². The third kappa shape index (κ3) is 2.29. The molecule has 1 heteroatoms. The Morgan fingerprint density at radius 3 is 2.30 bits per heavy atom. The first-order valence-corrected chi connectivity index (χ1v) is 8.05. The van der Waals surface area contributed by atoms with Gasteiger partial charge in [0.15, 0.2) is 0 Å². The van der Waals surface area contributed by atoms with E-state index in [1.807, 2.05) is 11.8 Å². The van der Waals surface area contributed by atoms with Gasteiger partial charge in [-0.25, -0.2) is 0 Å². The molecule has 1 atom stereocenters. The first-order chi connectivity index (χ1) is 9.36. The van der Waals surface area contributed by atoms with Crippen LogP contribution in [0, 0.1) is 6.08 Å². The molecule has 0 amide bonds. The van der Waals surface area contributed by atoms with Crippen molar-refractivity contribution in [1.29, 1.82) is 0 Å². The fourth-order valence-corrected chi connectivity index (χ4v) is 4.14. The first-order valence-electron chi connectivity index (χ1n) is 7.17. The van der Waals surface area contributed by atoms with Gasteiger partial charge in [0.2, 0.25) is 0 Å². The molecule has 2 aliphatic rings. The Bertz CT molecular complexity index is 633. The molecule has 1 aromatic rings. The number of rotatable bonds is 1. The van der Waals surface area contributed by atoms with E-state index in [9.17, 15) is 0 Å². The van der Waals surface area contributed by atoms with Crippen LogP contribution in [0.15, 0.2) is 46.4 Å². The molecular weight excluding hydrogens is 260 g/mol. The first kappa shape index (κ1) is 13.8. The van der Waals surface area contributed by atoms with E-state index in [4.69, 9.17) is 0 Å². The number of fused-ring (bicyclic) bond motifs is 1. The topological polar surface area (TPSA) is 0 Å². The summed E-state index contributed by atoms with van der Waals surface area (Å²) >= 11 is 1.93. The molecule has 1 unspecified atom stereocenters. The van der Waals surface area contributed by atoms with E-state index in [1.54, 1.807) is 0 Å². The molecule has 0 N–H and O–H groups in total. The summed E-state index contributed by atoms with van der Waals surface area (Å²) in [5.74, 6) is 0. The maximum atomic E-state index is 3.53. The highest BCUT2D eigenvalue weighted by molar-refractivity contribution is 8.04. The molecule has 1 aliphatic heterocycles. The molecule has 20 heavy (non-hydrogen) atoms. The minimum atomic E-state index is 0.216. The van der Waals surface area contributed by atoms with Crippen LogP contribution in [-0.4, -0.2) is 5.25 Å². The Balaban J connectivity index is 1.98. The Hall–Kier alpha value is -1.21. The summed E-state index contributed by atoms with van der Waals surface area (Å²) in [7, 11) is 0. The van der Waals surface area contributed by atoms with Crippen LogP contribution in [0.2, 0.25) is 0 Å². The van der Waals surface area contributed by atoms with Crippen molar-refractivity contribution < 1.29 is 0 Å². The predicted octanol–water partition coefficient (Wildman–Crippen LogP) is 5.52. The SMILES string of the molecule is CC1=[C]C2SC(C)=C(c3ccc(C(C)(C)C)cc3)C2=C1. The molecule has 0 aromatic heterocycles. The van der Waals surface area contributed by atoms with Crippen molar-refractivity contribution >= 4 is 17.3 Å². The van der Waals surface area contributed by atoms with Gasteiger partial charge in [-0.2, -0.15) is 0 Å². The van der Waals surface area contributed by atoms with Crippen molar-refractivity contribution in [2.45, 2.75) is 45.3 Å². The van der Waals surface area contributed by atoms with Crippen molar-refractivity contribution in [3.63, 3.8) is 0 Å². The number of allylic oxidation sites excluding steroid dienone is 4. The van der Waals surface area contributed by atoms with Gasteiger partial charge < -0.3 is 0 Å². The molecule has 0 spiro atoms. The van der Waals surface area contributed by atoms with Crippen LogP contribution in [-0.2, 0) is 5.41 Å². The van der Waals surface area contributed by atoms with E-state index < -0.39 is 0 Å². The Morgan fingerprint density at radius 1 is 1.05 bits per heavy atom. The molecule has 0 bridgehead atoms. The second kappa shape index (κ2) is 4.66. The third-order valence-corrected chi connectivity index (χ3v) is 5.15. The Labute approximate surface area is 126 Å². The van der Waals surface area contributed by atoms with Crippen LogP contribution in [0.4, 0.5) is 0 Å². The zero-order chi connectivity index (χ0) is 14.5. The minimum absolute atomic E-state index is 0.216. The summed E-state index contributed by atoms with van der Waals surface area (Å²) in [4.78, 5) is 1.42. The molecular formula is C19H21S. The lowest BCUT2D eigenvalue weighted by atomic mass is 9.85. The van der Waals surface area contributed by atoms with Crippen LogP contribution in [0.5, 0.6) is 0 Å². The fourth-order valence-electron chi connectivity index (χ4n) is 2.88. The predicted molar refractivity (Wildman–Crippen MR) is 89.6 cm³/mol. The lowest BCUT2D eigenvalue weighted by Crippen LogP contribution is -2.10. The van der Waals surface area contributed by atoms with E-state index in [0.717, 1.165) is 0 Å². The highest BCUT2D eigenvalue weighted by Crippen LogP contribution is 2.49. The standard InChI is InChI=1S/C19H21S/c1-12-10-16-17(11-12)20-13(2)18(16)14-6-8-15(9-7-14)19(3,4)5/h6-10,17H,1-5H3. The number of hydrogen-bond acceptors (Lipinski definition) is 1. The van der Waals surface area contributed by atoms with Gasteiger partial charge in [0.25, 0.3) is 0 Å². The monoisotopic (exact) mass is 281 g/mol. The van der Waals surface area contributed by atoms with Gasteiger partial charge in [-0.3, -0.25) is 0 Å². The molecule has 1 aromatic carbocycles. The zero-order valence-electron chi connectivity index (χ0n) is 12.9. The normalized spacial score (nSPS) is 21.9. The molecule has 1 radical (unpaired) electrons. The highest BCUT2D eigenvalue weighted by Gasteiger charge is 2.30. The van der Waals surface area contributed by atoms with Crippen molar-refractivity contribution in [2.24, 2.45) is 0 Å². The van der Waals surface area contributed by atoms with Crippen molar-refractivity contribution in [3.8, 4) is 0 Å². The van der Waals surface area contributed by atoms with Crippen molar-refractivity contribution in [1.82, 2.24) is 0 Å². The zero-order valence-corrected chi connectivity index (χ0v) is 13.7. The Kier molecular flexibility index (Phi) is 3.21. The highest BCUT2D eigenvalue weighted by atomic mass is 32.2. The van der Waals surface area contributed by atoms with E-state index in [2.05, 4.69) is 71.0 Å². The van der Waals surface area contributed by atoms with E-state index in [-0.39, 0.29) is 5.41 Å². The average Bonchev–Trinajstić information content (AvgIpc) is 2.82. The lowest BCUT2D eigenvalue weighted by Gasteiger charge is -2.19. The summed E-state index contributed by atoms with van der Waals surface area (Å²) in [6, 6.07) is 9.09. The second-order valence-corrected chi connectivity index (χ2v) is 8.00. The van der Waals surface area contributed by atoms with Gasteiger partial charge in [0, 0.05) is 0 Å². The Morgan fingerprint density at radius 2 is 1.70 bits per heavy atom. The number of benzene rings is 1. The summed E-state index contributed by atoms with van der Waals surface area (Å²) < 4.78 is 0. The molecule has 103 valence electrons. The van der Waals surface area contributed by atoms with E-state index in [0.29, 0.717) is 5.25 Å². The summed E-state index contributed by atoms with van der Waals surface area (Å²) in [6.45, 7) is 11.1.